The molecule has 0 aromatic rings. The fraction of sp³-hybridized carbons (Fsp3) is 0.800. The molecule has 1 aliphatic carbocycles. The molecule has 2 rings (SSSR count). The summed E-state index contributed by atoms with van der Waals surface area (Å²) in [5.41, 5.74) is 0. The van der Waals surface area contributed by atoms with Crippen LogP contribution in [0.25, 0.3) is 0 Å². The topological polar surface area (TPSA) is 49.4 Å². The highest BCUT2D eigenvalue weighted by atomic mass is 16.2. The number of rotatable bonds is 1. The molecule has 1 saturated carbocycles. The van der Waals surface area contributed by atoms with Gasteiger partial charge < -0.3 is 4.90 Å². The lowest BCUT2D eigenvalue weighted by Crippen LogP contribution is -2.56. The van der Waals surface area contributed by atoms with Gasteiger partial charge in [0.1, 0.15) is 0 Å². The van der Waals surface area contributed by atoms with Crippen LogP contribution < -0.4 is 5.32 Å². The van der Waals surface area contributed by atoms with E-state index in [1.807, 2.05) is 11.8 Å². The van der Waals surface area contributed by atoms with Crippen LogP contribution in [-0.4, -0.2) is 29.4 Å². The van der Waals surface area contributed by atoms with Crippen molar-refractivity contribution in [1.82, 2.24) is 10.2 Å². The zero-order valence-electron chi connectivity index (χ0n) is 8.45. The number of nitrogens with zero attached hydrogens (tertiary/aromatic N) is 1. The van der Waals surface area contributed by atoms with Crippen LogP contribution in [0, 0.1) is 5.92 Å². The Balaban J connectivity index is 2.04. The van der Waals surface area contributed by atoms with Crippen LogP contribution in [0.5, 0.6) is 0 Å². The monoisotopic (exact) mass is 196 g/mol. The van der Waals surface area contributed by atoms with Gasteiger partial charge in [0.25, 0.3) is 0 Å². The van der Waals surface area contributed by atoms with Crippen LogP contribution in [0.15, 0.2) is 0 Å². The third kappa shape index (κ3) is 1.61. The van der Waals surface area contributed by atoms with E-state index in [-0.39, 0.29) is 17.9 Å². The molecule has 4 heteroatoms. The van der Waals surface area contributed by atoms with Gasteiger partial charge in [0.15, 0.2) is 0 Å². The van der Waals surface area contributed by atoms with Gasteiger partial charge in [-0.1, -0.05) is 19.8 Å². The number of hydrogen-bond acceptors (Lipinski definition) is 2. The maximum absolute atomic E-state index is 11.5. The predicted octanol–water partition coefficient (Wildman–Crippen LogP) is 1.12. The number of hydrogen-bond donors (Lipinski definition) is 1. The average molecular weight is 196 g/mol. The minimum Gasteiger partial charge on any atom is -0.321 e. The first-order valence-electron chi connectivity index (χ1n) is 5.30. The molecule has 1 aliphatic heterocycles. The Morgan fingerprint density at radius 3 is 2.57 bits per heavy atom. The summed E-state index contributed by atoms with van der Waals surface area (Å²) in [7, 11) is 0. The quantitative estimate of drug-likeness (QED) is 0.683. The lowest BCUT2D eigenvalue weighted by molar-refractivity contribution is -0.125. The number of carbonyl (C=O) groups is 2. The third-order valence-electron chi connectivity index (χ3n) is 3.17. The fourth-order valence-corrected chi connectivity index (χ4v) is 2.29. The minimum atomic E-state index is -0.194. The first kappa shape index (κ1) is 9.49. The van der Waals surface area contributed by atoms with E-state index in [9.17, 15) is 9.59 Å². The van der Waals surface area contributed by atoms with E-state index >= 15 is 0 Å². The van der Waals surface area contributed by atoms with Gasteiger partial charge >= 0.3 is 6.03 Å². The number of amides is 3. The molecule has 4 nitrogen and oxygen atoms in total. The second-order valence-electron chi connectivity index (χ2n) is 4.29. The first-order valence-corrected chi connectivity index (χ1v) is 5.30. The van der Waals surface area contributed by atoms with E-state index in [4.69, 9.17) is 0 Å². The second-order valence-corrected chi connectivity index (χ2v) is 4.29. The van der Waals surface area contributed by atoms with Gasteiger partial charge in [0.2, 0.25) is 5.91 Å². The van der Waals surface area contributed by atoms with Crippen molar-refractivity contribution in [3.8, 4) is 0 Å². The molecule has 0 bridgehead atoms. The third-order valence-corrected chi connectivity index (χ3v) is 3.17. The molecule has 3 amide bonds. The number of nitrogens with one attached hydrogen (secondary N) is 1. The number of carbonyl (C=O) groups excluding carboxylic acids is 2. The van der Waals surface area contributed by atoms with Gasteiger partial charge in [-0.3, -0.25) is 10.1 Å². The summed E-state index contributed by atoms with van der Waals surface area (Å²) in [5, 5.41) is 2.40. The lowest BCUT2D eigenvalue weighted by Gasteiger charge is -2.34. The molecular weight excluding hydrogens is 180 g/mol. The van der Waals surface area contributed by atoms with Gasteiger partial charge in [0, 0.05) is 12.6 Å². The summed E-state index contributed by atoms with van der Waals surface area (Å²) in [6.45, 7) is 2.46. The molecule has 2 fully saturated rings. The highest BCUT2D eigenvalue weighted by Crippen LogP contribution is 2.25. The maximum atomic E-state index is 11.5. The van der Waals surface area contributed by atoms with Crippen molar-refractivity contribution in [1.29, 1.82) is 0 Å². The Bertz CT molecular complexity index is 259. The molecule has 0 aromatic heterocycles. The number of imide groups is 1. The Kier molecular flexibility index (Phi) is 2.44. The Morgan fingerprint density at radius 1 is 1.29 bits per heavy atom. The summed E-state index contributed by atoms with van der Waals surface area (Å²) in [4.78, 5) is 24.6. The lowest BCUT2D eigenvalue weighted by atomic mass is 10.1. The Labute approximate surface area is 83.6 Å². The van der Waals surface area contributed by atoms with Crippen molar-refractivity contribution in [2.75, 3.05) is 6.54 Å². The largest absolute Gasteiger partial charge is 0.324 e. The zero-order valence-corrected chi connectivity index (χ0v) is 8.45. The van der Waals surface area contributed by atoms with Crippen LogP contribution in [0.4, 0.5) is 4.79 Å². The van der Waals surface area contributed by atoms with Gasteiger partial charge in [-0.05, 0) is 12.8 Å². The maximum Gasteiger partial charge on any atom is 0.324 e. The normalized spacial score (nSPS) is 29.5. The summed E-state index contributed by atoms with van der Waals surface area (Å²) >= 11 is 0. The van der Waals surface area contributed by atoms with Gasteiger partial charge in [0.05, 0.1) is 5.92 Å². The Hall–Kier alpha value is -1.06. The molecule has 1 atom stereocenters. The van der Waals surface area contributed by atoms with Gasteiger partial charge in [-0.15, -0.1) is 0 Å². The molecule has 1 heterocycles. The molecule has 78 valence electrons. The second kappa shape index (κ2) is 3.59. The van der Waals surface area contributed by atoms with E-state index in [2.05, 4.69) is 5.32 Å². The van der Waals surface area contributed by atoms with Gasteiger partial charge in [-0.25, -0.2) is 4.79 Å². The van der Waals surface area contributed by atoms with Crippen molar-refractivity contribution in [2.45, 2.75) is 38.6 Å². The highest BCUT2D eigenvalue weighted by Gasteiger charge is 2.34. The Morgan fingerprint density at radius 2 is 1.93 bits per heavy atom. The van der Waals surface area contributed by atoms with Crippen molar-refractivity contribution in [3.63, 3.8) is 0 Å². The van der Waals surface area contributed by atoms with E-state index < -0.39 is 0 Å². The predicted molar refractivity (Wildman–Crippen MR) is 51.7 cm³/mol. The molecule has 2 aliphatic rings. The summed E-state index contributed by atoms with van der Waals surface area (Å²) in [6.07, 6.45) is 4.59. The molecule has 1 unspecified atom stereocenters. The van der Waals surface area contributed by atoms with Crippen LogP contribution in [0.1, 0.15) is 32.6 Å². The van der Waals surface area contributed by atoms with Crippen LogP contribution >= 0.6 is 0 Å². The average Bonchev–Trinajstić information content (AvgIpc) is 2.64. The van der Waals surface area contributed by atoms with Gasteiger partial charge in [-0.2, -0.15) is 0 Å². The molecule has 1 saturated heterocycles. The smallest absolute Gasteiger partial charge is 0.321 e. The molecule has 0 aromatic carbocycles. The minimum absolute atomic E-state index is 0.0618. The first-order chi connectivity index (χ1) is 6.68. The zero-order chi connectivity index (χ0) is 10.1. The molecular formula is C10H16N2O2. The SMILES string of the molecule is CC1CN(C2CCCC2)C(=O)NC1=O. The summed E-state index contributed by atoms with van der Waals surface area (Å²) in [5.74, 6) is -0.197. The molecule has 1 N–H and O–H groups in total. The van der Waals surface area contributed by atoms with Crippen molar-refractivity contribution in [2.24, 2.45) is 5.92 Å². The van der Waals surface area contributed by atoms with Crippen LogP contribution in [0.3, 0.4) is 0 Å². The van der Waals surface area contributed by atoms with E-state index in [1.54, 1.807) is 0 Å². The van der Waals surface area contributed by atoms with E-state index in [1.165, 1.54) is 12.8 Å². The van der Waals surface area contributed by atoms with E-state index in [0.29, 0.717) is 12.6 Å². The molecule has 0 radical (unpaired) electrons. The fourth-order valence-electron chi connectivity index (χ4n) is 2.29. The number of urea groups is 1. The van der Waals surface area contributed by atoms with Crippen molar-refractivity contribution >= 4 is 11.9 Å². The summed E-state index contributed by atoms with van der Waals surface area (Å²) < 4.78 is 0. The standard InChI is InChI=1S/C10H16N2O2/c1-7-6-12(8-4-2-3-5-8)10(14)11-9(7)13/h7-8H,2-6H2,1H3,(H,11,13,14). The van der Waals surface area contributed by atoms with Crippen LogP contribution in [0.2, 0.25) is 0 Å². The van der Waals surface area contributed by atoms with Crippen LogP contribution in [-0.2, 0) is 4.79 Å². The highest BCUT2D eigenvalue weighted by molar-refractivity contribution is 5.97. The molecule has 0 spiro atoms. The van der Waals surface area contributed by atoms with Crippen molar-refractivity contribution < 1.29 is 9.59 Å². The summed E-state index contributed by atoms with van der Waals surface area (Å²) in [6, 6.07) is 0.172. The molecule has 14 heavy (non-hydrogen) atoms. The van der Waals surface area contributed by atoms with Crippen molar-refractivity contribution in [3.05, 3.63) is 0 Å². The van der Waals surface area contributed by atoms with E-state index in [0.717, 1.165) is 12.8 Å².